The Morgan fingerprint density at radius 1 is 1.13 bits per heavy atom. The summed E-state index contributed by atoms with van der Waals surface area (Å²) in [6.07, 6.45) is 11.7. The lowest BCUT2D eigenvalue weighted by Gasteiger charge is -2.45. The molecule has 4 aliphatic rings. The predicted octanol–water partition coefficient (Wildman–Crippen LogP) is 4.22. The molecule has 1 aliphatic heterocycles. The standard InChI is InChI=1S/C27H43NO3/c1-18(16-28-13-12-26(3,31)17-28)22-9-10-23-21(6-5-11-27(22,23)4)8-7-20-14-24(29)19(2)25(30)15-20/h7-8,18,22-25,29-31H,2,5-6,9-17H2,1,3-4H3/t18-,22-,23+,24-,25+,26-,27-/m1/s1. The number of nitrogens with zero attached hydrogens (tertiary/aromatic N) is 1. The number of aliphatic hydroxyl groups is 3. The molecular weight excluding hydrogens is 386 g/mol. The zero-order chi connectivity index (χ0) is 22.4. The largest absolute Gasteiger partial charge is 0.389 e. The highest BCUT2D eigenvalue weighted by Gasteiger charge is 2.51. The summed E-state index contributed by atoms with van der Waals surface area (Å²) in [6.45, 7) is 13.7. The number of hydrogen-bond donors (Lipinski definition) is 3. The molecule has 0 spiro atoms. The van der Waals surface area contributed by atoms with Crippen LogP contribution in [0.5, 0.6) is 0 Å². The number of fused-ring (bicyclic) bond motifs is 1. The summed E-state index contributed by atoms with van der Waals surface area (Å²) in [5.41, 5.74) is 3.12. The highest BCUT2D eigenvalue weighted by atomic mass is 16.3. The Hall–Kier alpha value is -0.940. The van der Waals surface area contributed by atoms with Crippen LogP contribution in [0.15, 0.2) is 35.5 Å². The SMILES string of the molecule is C=C1[C@H](O)CC(=CC=C2CCC[C@]3(C)[C@@H]([C@H](C)CN4CC[C@@](C)(O)C4)CC[C@@H]23)C[C@@H]1O. The van der Waals surface area contributed by atoms with Crippen molar-refractivity contribution in [3.05, 3.63) is 35.5 Å². The highest BCUT2D eigenvalue weighted by Crippen LogP contribution is 2.59. The van der Waals surface area contributed by atoms with E-state index in [0.717, 1.165) is 37.5 Å². The molecular formula is C27H43NO3. The minimum Gasteiger partial charge on any atom is -0.389 e. The van der Waals surface area contributed by atoms with Crippen LogP contribution in [0.4, 0.5) is 0 Å². The van der Waals surface area contributed by atoms with E-state index in [9.17, 15) is 15.3 Å². The van der Waals surface area contributed by atoms with Crippen LogP contribution < -0.4 is 0 Å². The molecule has 0 amide bonds. The van der Waals surface area contributed by atoms with Crippen molar-refractivity contribution in [1.82, 2.24) is 4.90 Å². The second kappa shape index (κ2) is 8.78. The maximum atomic E-state index is 10.3. The van der Waals surface area contributed by atoms with E-state index in [1.165, 1.54) is 32.1 Å². The van der Waals surface area contributed by atoms with Gasteiger partial charge in [-0.3, -0.25) is 0 Å². The average molecular weight is 430 g/mol. The van der Waals surface area contributed by atoms with Crippen molar-refractivity contribution >= 4 is 0 Å². The van der Waals surface area contributed by atoms with E-state index in [2.05, 4.69) is 37.5 Å². The number of β-amino-alcohol motifs (C(OH)–C–C–N with tert-alkyl or cyclic N) is 1. The lowest BCUT2D eigenvalue weighted by molar-refractivity contribution is 0.0549. The van der Waals surface area contributed by atoms with Crippen molar-refractivity contribution < 1.29 is 15.3 Å². The van der Waals surface area contributed by atoms with Crippen molar-refractivity contribution in [3.63, 3.8) is 0 Å². The molecule has 4 fully saturated rings. The van der Waals surface area contributed by atoms with Gasteiger partial charge >= 0.3 is 0 Å². The third-order valence-corrected chi connectivity index (χ3v) is 9.10. The Bertz CT molecular complexity index is 738. The first-order valence-corrected chi connectivity index (χ1v) is 12.5. The van der Waals surface area contributed by atoms with E-state index < -0.39 is 17.8 Å². The van der Waals surface area contributed by atoms with E-state index in [1.54, 1.807) is 5.57 Å². The Kier molecular flexibility index (Phi) is 6.58. The van der Waals surface area contributed by atoms with Crippen LogP contribution in [0.1, 0.15) is 72.1 Å². The topological polar surface area (TPSA) is 63.9 Å². The van der Waals surface area contributed by atoms with Crippen molar-refractivity contribution in [1.29, 1.82) is 0 Å². The van der Waals surface area contributed by atoms with E-state index in [4.69, 9.17) is 0 Å². The number of likely N-dealkylation sites (tertiary alicyclic amines) is 1. The Morgan fingerprint density at radius 2 is 1.84 bits per heavy atom. The van der Waals surface area contributed by atoms with Gasteiger partial charge < -0.3 is 20.2 Å². The summed E-state index contributed by atoms with van der Waals surface area (Å²) in [5.74, 6) is 2.04. The molecule has 174 valence electrons. The lowest BCUT2D eigenvalue weighted by atomic mass is 9.61. The summed E-state index contributed by atoms with van der Waals surface area (Å²) in [4.78, 5) is 2.47. The average Bonchev–Trinajstić information content (AvgIpc) is 3.22. The molecule has 4 nitrogen and oxygen atoms in total. The fourth-order valence-corrected chi connectivity index (χ4v) is 7.37. The van der Waals surface area contributed by atoms with Crippen molar-refractivity contribution in [3.8, 4) is 0 Å². The predicted molar refractivity (Wildman–Crippen MR) is 126 cm³/mol. The number of hydrogen-bond acceptors (Lipinski definition) is 4. The molecule has 0 aromatic heterocycles. The van der Waals surface area contributed by atoms with E-state index in [-0.39, 0.29) is 0 Å². The minimum atomic E-state index is -0.618. The maximum Gasteiger partial charge on any atom is 0.0809 e. The highest BCUT2D eigenvalue weighted by molar-refractivity contribution is 5.29. The van der Waals surface area contributed by atoms with E-state index in [1.807, 2.05) is 6.92 Å². The third kappa shape index (κ3) is 4.73. The normalized spacial score (nSPS) is 45.4. The Morgan fingerprint density at radius 3 is 2.48 bits per heavy atom. The second-order valence-corrected chi connectivity index (χ2v) is 11.6. The fraction of sp³-hybridized carbons (Fsp3) is 0.778. The van der Waals surface area contributed by atoms with Gasteiger partial charge in [0, 0.05) is 19.6 Å². The van der Waals surface area contributed by atoms with Gasteiger partial charge in [0.1, 0.15) is 0 Å². The van der Waals surface area contributed by atoms with Gasteiger partial charge in [-0.25, -0.2) is 0 Å². The minimum absolute atomic E-state index is 0.365. The molecule has 4 heteroatoms. The number of allylic oxidation sites excluding steroid dienone is 3. The first kappa shape index (κ1) is 23.2. The molecule has 0 aromatic rings. The van der Waals surface area contributed by atoms with Crippen molar-refractivity contribution in [2.24, 2.45) is 23.2 Å². The summed E-state index contributed by atoms with van der Waals surface area (Å²) in [7, 11) is 0. The van der Waals surface area contributed by atoms with Crippen LogP contribution in [-0.4, -0.2) is 57.7 Å². The van der Waals surface area contributed by atoms with E-state index in [0.29, 0.717) is 35.7 Å². The molecule has 1 heterocycles. The van der Waals surface area contributed by atoms with Gasteiger partial charge in [-0.15, -0.1) is 0 Å². The molecule has 0 bridgehead atoms. The third-order valence-electron chi connectivity index (χ3n) is 9.10. The van der Waals surface area contributed by atoms with Gasteiger partial charge in [0.15, 0.2) is 0 Å². The summed E-state index contributed by atoms with van der Waals surface area (Å²) >= 11 is 0. The van der Waals surface area contributed by atoms with Gasteiger partial charge in [-0.05, 0) is 87.0 Å². The molecule has 0 radical (unpaired) electrons. The van der Waals surface area contributed by atoms with Gasteiger partial charge in [0.2, 0.25) is 0 Å². The van der Waals surface area contributed by atoms with Crippen LogP contribution >= 0.6 is 0 Å². The van der Waals surface area contributed by atoms with Crippen LogP contribution in [-0.2, 0) is 0 Å². The molecule has 4 rings (SSSR count). The van der Waals surface area contributed by atoms with Crippen molar-refractivity contribution in [2.45, 2.75) is 89.9 Å². The van der Waals surface area contributed by atoms with Crippen LogP contribution in [0.2, 0.25) is 0 Å². The van der Waals surface area contributed by atoms with Gasteiger partial charge in [0.05, 0.1) is 17.8 Å². The first-order chi connectivity index (χ1) is 14.6. The molecule has 31 heavy (non-hydrogen) atoms. The van der Waals surface area contributed by atoms with Crippen LogP contribution in [0.25, 0.3) is 0 Å². The first-order valence-electron chi connectivity index (χ1n) is 12.5. The Balaban J connectivity index is 1.44. The summed E-state index contributed by atoms with van der Waals surface area (Å²) in [6, 6.07) is 0. The number of aliphatic hydroxyl groups excluding tert-OH is 2. The van der Waals surface area contributed by atoms with Crippen molar-refractivity contribution in [2.75, 3.05) is 19.6 Å². The Labute approximate surface area is 188 Å². The molecule has 1 saturated heterocycles. The quantitative estimate of drug-likeness (QED) is 0.586. The smallest absolute Gasteiger partial charge is 0.0809 e. The monoisotopic (exact) mass is 429 g/mol. The zero-order valence-corrected chi connectivity index (χ0v) is 19.8. The lowest BCUT2D eigenvalue weighted by Crippen LogP contribution is -2.40. The molecule has 3 N–H and O–H groups in total. The fourth-order valence-electron chi connectivity index (χ4n) is 7.37. The molecule has 7 atom stereocenters. The van der Waals surface area contributed by atoms with E-state index >= 15 is 0 Å². The van der Waals surface area contributed by atoms with Gasteiger partial charge in [-0.1, -0.05) is 43.7 Å². The molecule has 0 unspecified atom stereocenters. The second-order valence-electron chi connectivity index (χ2n) is 11.6. The molecule has 3 saturated carbocycles. The van der Waals surface area contributed by atoms with Gasteiger partial charge in [-0.2, -0.15) is 0 Å². The number of rotatable bonds is 4. The molecule has 0 aromatic carbocycles. The zero-order valence-electron chi connectivity index (χ0n) is 19.8. The van der Waals surface area contributed by atoms with Crippen LogP contribution in [0.3, 0.4) is 0 Å². The summed E-state index contributed by atoms with van der Waals surface area (Å²) < 4.78 is 0. The van der Waals surface area contributed by atoms with Crippen LogP contribution in [0, 0.1) is 23.2 Å². The molecule has 3 aliphatic carbocycles. The maximum absolute atomic E-state index is 10.3. The van der Waals surface area contributed by atoms with Gasteiger partial charge in [0.25, 0.3) is 0 Å². The summed E-state index contributed by atoms with van der Waals surface area (Å²) in [5, 5.41) is 30.6.